The third kappa shape index (κ3) is 4.19. The first-order chi connectivity index (χ1) is 10.5. The Kier molecular flexibility index (Phi) is 5.35. The Morgan fingerprint density at radius 2 is 1.91 bits per heavy atom. The molecule has 0 aliphatic carbocycles. The van der Waals surface area contributed by atoms with Crippen LogP contribution in [0.15, 0.2) is 42.6 Å². The number of carbonyl (C=O) groups is 2. The fraction of sp³-hybridized carbons (Fsp3) is 0.133. The fourth-order valence-electron chi connectivity index (χ4n) is 1.58. The summed E-state index contributed by atoms with van der Waals surface area (Å²) in [5.41, 5.74) is 0.202. The van der Waals surface area contributed by atoms with Crippen molar-refractivity contribution in [1.29, 1.82) is 0 Å². The van der Waals surface area contributed by atoms with Gasteiger partial charge in [-0.1, -0.05) is 35.3 Å². The zero-order chi connectivity index (χ0) is 16.1. The van der Waals surface area contributed by atoms with Gasteiger partial charge in [0.05, 0.1) is 15.6 Å². The molecule has 0 spiro atoms. The molecule has 0 saturated carbocycles. The standard InChI is InChI=1S/C15H12Cl2N2O3/c1-9(14(20)19-13-7-6-10(16)8-18-13)22-15(21)11-4-2-3-5-12(11)17/h2-9H,1H3,(H,18,19,20)/t9-/m1/s1. The van der Waals surface area contributed by atoms with E-state index in [-0.39, 0.29) is 10.6 Å². The predicted octanol–water partition coefficient (Wildman–Crippen LogP) is 3.57. The molecule has 0 unspecified atom stereocenters. The predicted molar refractivity (Wildman–Crippen MR) is 84.2 cm³/mol. The minimum atomic E-state index is -0.999. The summed E-state index contributed by atoms with van der Waals surface area (Å²) in [6.45, 7) is 1.46. The normalized spacial score (nSPS) is 11.6. The van der Waals surface area contributed by atoms with Gasteiger partial charge in [-0.25, -0.2) is 9.78 Å². The molecule has 1 aromatic carbocycles. The zero-order valence-electron chi connectivity index (χ0n) is 11.5. The van der Waals surface area contributed by atoms with Crippen LogP contribution < -0.4 is 5.32 Å². The van der Waals surface area contributed by atoms with Crippen LogP contribution in [0.5, 0.6) is 0 Å². The first-order valence-electron chi connectivity index (χ1n) is 6.35. The number of anilines is 1. The minimum absolute atomic E-state index is 0.202. The van der Waals surface area contributed by atoms with Crippen molar-refractivity contribution in [2.45, 2.75) is 13.0 Å². The van der Waals surface area contributed by atoms with Crippen LogP contribution >= 0.6 is 23.2 Å². The van der Waals surface area contributed by atoms with Gasteiger partial charge in [-0.05, 0) is 31.2 Å². The number of hydrogen-bond donors (Lipinski definition) is 1. The smallest absolute Gasteiger partial charge is 0.340 e. The van der Waals surface area contributed by atoms with Crippen LogP contribution in [-0.4, -0.2) is 23.0 Å². The minimum Gasteiger partial charge on any atom is -0.449 e. The van der Waals surface area contributed by atoms with Gasteiger partial charge >= 0.3 is 5.97 Å². The quantitative estimate of drug-likeness (QED) is 0.865. The summed E-state index contributed by atoms with van der Waals surface area (Å²) in [7, 11) is 0. The third-order valence-electron chi connectivity index (χ3n) is 2.73. The molecule has 0 bridgehead atoms. The first-order valence-corrected chi connectivity index (χ1v) is 7.11. The maximum absolute atomic E-state index is 12.0. The second-order valence-electron chi connectivity index (χ2n) is 4.38. The lowest BCUT2D eigenvalue weighted by Crippen LogP contribution is -2.30. The van der Waals surface area contributed by atoms with Gasteiger partial charge in [0.2, 0.25) is 0 Å². The van der Waals surface area contributed by atoms with Crippen LogP contribution in [0.4, 0.5) is 5.82 Å². The Balaban J connectivity index is 1.98. The molecule has 2 aromatic rings. The molecule has 7 heteroatoms. The molecular weight excluding hydrogens is 327 g/mol. The lowest BCUT2D eigenvalue weighted by Gasteiger charge is -2.13. The van der Waals surface area contributed by atoms with Gasteiger partial charge in [0.1, 0.15) is 5.82 Å². The molecule has 0 aliphatic heterocycles. The molecule has 0 radical (unpaired) electrons. The Morgan fingerprint density at radius 3 is 2.55 bits per heavy atom. The van der Waals surface area contributed by atoms with E-state index in [1.165, 1.54) is 19.2 Å². The Morgan fingerprint density at radius 1 is 1.18 bits per heavy atom. The Labute approximate surface area is 137 Å². The number of amides is 1. The number of halogens is 2. The monoisotopic (exact) mass is 338 g/mol. The van der Waals surface area contributed by atoms with E-state index < -0.39 is 18.0 Å². The van der Waals surface area contributed by atoms with Crippen molar-refractivity contribution in [3.05, 3.63) is 58.2 Å². The van der Waals surface area contributed by atoms with Crippen LogP contribution in [0, 0.1) is 0 Å². The van der Waals surface area contributed by atoms with Gasteiger partial charge in [0.25, 0.3) is 5.91 Å². The molecule has 1 atom stereocenters. The van der Waals surface area contributed by atoms with Crippen molar-refractivity contribution < 1.29 is 14.3 Å². The van der Waals surface area contributed by atoms with Crippen molar-refractivity contribution >= 4 is 40.9 Å². The SMILES string of the molecule is C[C@@H](OC(=O)c1ccccc1Cl)C(=O)Nc1ccc(Cl)cn1. The third-order valence-corrected chi connectivity index (χ3v) is 3.28. The number of hydrogen-bond acceptors (Lipinski definition) is 4. The maximum Gasteiger partial charge on any atom is 0.340 e. The molecular formula is C15H12Cl2N2O3. The fourth-order valence-corrected chi connectivity index (χ4v) is 1.91. The van der Waals surface area contributed by atoms with E-state index in [4.69, 9.17) is 27.9 Å². The van der Waals surface area contributed by atoms with Gasteiger partial charge in [-0.2, -0.15) is 0 Å². The van der Waals surface area contributed by atoms with Gasteiger partial charge < -0.3 is 10.1 Å². The highest BCUT2D eigenvalue weighted by Gasteiger charge is 2.20. The van der Waals surface area contributed by atoms with Crippen LogP contribution in [0.3, 0.4) is 0 Å². The van der Waals surface area contributed by atoms with Crippen molar-refractivity contribution in [2.24, 2.45) is 0 Å². The number of aromatic nitrogens is 1. The van der Waals surface area contributed by atoms with E-state index >= 15 is 0 Å². The number of carbonyl (C=O) groups excluding carboxylic acids is 2. The number of esters is 1. The van der Waals surface area contributed by atoms with Crippen LogP contribution in [0.2, 0.25) is 10.0 Å². The highest BCUT2D eigenvalue weighted by atomic mass is 35.5. The van der Waals surface area contributed by atoms with E-state index in [9.17, 15) is 9.59 Å². The summed E-state index contributed by atoms with van der Waals surface area (Å²) in [6, 6.07) is 9.58. The molecule has 1 amide bonds. The summed E-state index contributed by atoms with van der Waals surface area (Å²) < 4.78 is 5.09. The largest absolute Gasteiger partial charge is 0.449 e. The summed E-state index contributed by atoms with van der Waals surface area (Å²) in [6.07, 6.45) is 0.402. The van der Waals surface area contributed by atoms with Crippen molar-refractivity contribution in [3.63, 3.8) is 0 Å². The number of nitrogens with one attached hydrogen (secondary N) is 1. The zero-order valence-corrected chi connectivity index (χ0v) is 13.1. The number of rotatable bonds is 4. The van der Waals surface area contributed by atoms with Gasteiger partial charge in [-0.3, -0.25) is 4.79 Å². The van der Waals surface area contributed by atoms with E-state index in [0.29, 0.717) is 10.8 Å². The summed E-state index contributed by atoms with van der Waals surface area (Å²) in [5.74, 6) is -0.859. The Bertz CT molecular complexity index is 689. The second kappa shape index (κ2) is 7.24. The van der Waals surface area contributed by atoms with Crippen molar-refractivity contribution in [1.82, 2.24) is 4.98 Å². The Hall–Kier alpha value is -2.11. The molecule has 1 heterocycles. The molecule has 1 aromatic heterocycles. The average Bonchev–Trinajstić information content (AvgIpc) is 2.49. The van der Waals surface area contributed by atoms with Crippen LogP contribution in [0.1, 0.15) is 17.3 Å². The maximum atomic E-state index is 12.0. The van der Waals surface area contributed by atoms with Gasteiger partial charge in [0, 0.05) is 6.20 Å². The summed E-state index contributed by atoms with van der Waals surface area (Å²) in [4.78, 5) is 27.8. The molecule has 2 rings (SSSR count). The molecule has 0 saturated heterocycles. The van der Waals surface area contributed by atoms with Crippen molar-refractivity contribution in [3.8, 4) is 0 Å². The molecule has 5 nitrogen and oxygen atoms in total. The summed E-state index contributed by atoms with van der Waals surface area (Å²) >= 11 is 11.6. The number of benzene rings is 1. The van der Waals surface area contributed by atoms with E-state index in [1.807, 2.05) is 0 Å². The van der Waals surface area contributed by atoms with Gasteiger partial charge in [-0.15, -0.1) is 0 Å². The van der Waals surface area contributed by atoms with Crippen LogP contribution in [-0.2, 0) is 9.53 Å². The second-order valence-corrected chi connectivity index (χ2v) is 5.22. The number of ether oxygens (including phenoxy) is 1. The average molecular weight is 339 g/mol. The van der Waals surface area contributed by atoms with Crippen molar-refractivity contribution in [2.75, 3.05) is 5.32 Å². The molecule has 1 N–H and O–H groups in total. The number of pyridine rings is 1. The van der Waals surface area contributed by atoms with E-state index in [1.54, 1.807) is 30.3 Å². The lowest BCUT2D eigenvalue weighted by molar-refractivity contribution is -0.123. The highest BCUT2D eigenvalue weighted by Crippen LogP contribution is 2.17. The van der Waals surface area contributed by atoms with E-state index in [2.05, 4.69) is 10.3 Å². The summed E-state index contributed by atoms with van der Waals surface area (Å²) in [5, 5.41) is 3.24. The molecule has 22 heavy (non-hydrogen) atoms. The number of nitrogens with zero attached hydrogens (tertiary/aromatic N) is 1. The molecule has 0 aliphatic rings. The lowest BCUT2D eigenvalue weighted by atomic mass is 10.2. The highest BCUT2D eigenvalue weighted by molar-refractivity contribution is 6.33. The van der Waals surface area contributed by atoms with Crippen LogP contribution in [0.25, 0.3) is 0 Å². The first kappa shape index (κ1) is 16.3. The molecule has 0 fully saturated rings. The molecule has 114 valence electrons. The van der Waals surface area contributed by atoms with E-state index in [0.717, 1.165) is 0 Å². The topological polar surface area (TPSA) is 68.3 Å². The van der Waals surface area contributed by atoms with Gasteiger partial charge in [0.15, 0.2) is 6.10 Å².